The number of alkyl carbamates (subject to hydrolysis) is 1. The van der Waals surface area contributed by atoms with Crippen LogP contribution in [0.2, 0.25) is 0 Å². The number of benzene rings is 1. The first-order valence-corrected chi connectivity index (χ1v) is 10.1. The number of imide groups is 1. The number of ether oxygens (including phenoxy) is 2. The number of aryl methyl sites for hydroxylation is 2. The number of sulfonamides is 1. The molecule has 10 heteroatoms. The summed E-state index contributed by atoms with van der Waals surface area (Å²) in [6, 6.07) is 3.40. The summed E-state index contributed by atoms with van der Waals surface area (Å²) in [5.41, 5.74) is 1.73. The normalized spacial score (nSPS) is 13.5. The van der Waals surface area contributed by atoms with E-state index >= 15 is 0 Å². The van der Waals surface area contributed by atoms with E-state index in [2.05, 4.69) is 9.46 Å². The molecule has 0 saturated carbocycles. The second kappa shape index (κ2) is 9.65. The molecule has 0 aliphatic carbocycles. The predicted molar refractivity (Wildman–Crippen MR) is 101 cm³/mol. The number of rotatable bonds is 7. The van der Waals surface area contributed by atoms with E-state index in [9.17, 15) is 22.8 Å². The first-order chi connectivity index (χ1) is 12.9. The monoisotopic (exact) mass is 414 g/mol. The van der Waals surface area contributed by atoms with Crippen LogP contribution in [0.4, 0.5) is 4.79 Å². The Morgan fingerprint density at radius 1 is 1.04 bits per heavy atom. The van der Waals surface area contributed by atoms with Crippen LogP contribution in [0.15, 0.2) is 23.1 Å². The van der Waals surface area contributed by atoms with Gasteiger partial charge >= 0.3 is 12.1 Å². The Kier molecular flexibility index (Phi) is 8.13. The van der Waals surface area contributed by atoms with Crippen LogP contribution in [-0.2, 0) is 29.1 Å². The van der Waals surface area contributed by atoms with Gasteiger partial charge in [0.2, 0.25) is 10.0 Å². The van der Waals surface area contributed by atoms with Crippen molar-refractivity contribution in [1.82, 2.24) is 10.0 Å². The minimum atomic E-state index is -3.99. The fraction of sp³-hybridized carbons (Fsp3) is 0.500. The zero-order chi connectivity index (χ0) is 21.6. The predicted octanol–water partition coefficient (Wildman–Crippen LogP) is 1.42. The molecule has 1 aromatic carbocycles. The maximum atomic E-state index is 12.7. The largest absolute Gasteiger partial charge is 0.453 e. The summed E-state index contributed by atoms with van der Waals surface area (Å²) in [5.74, 6) is -2.28. The Morgan fingerprint density at radius 3 is 2.14 bits per heavy atom. The quantitative estimate of drug-likeness (QED) is 0.646. The third-order valence-electron chi connectivity index (χ3n) is 4.06. The molecule has 2 N–H and O–H groups in total. The van der Waals surface area contributed by atoms with Gasteiger partial charge in [0.25, 0.3) is 5.91 Å². The minimum absolute atomic E-state index is 0.0190. The number of nitrogens with one attached hydrogen (secondary N) is 2. The van der Waals surface area contributed by atoms with Crippen LogP contribution < -0.4 is 10.0 Å². The molecule has 0 radical (unpaired) electrons. The standard InChI is InChI=1S/C18H26N2O7S/c1-10(2)15(17(22)27-13(5)16(21)19-18(23)26-6)20-28(24,25)14-8-7-11(3)12(4)9-14/h7-10,13,15,20H,1-6H3,(H,19,21,23)/t13-,15+/m1/s1. The lowest BCUT2D eigenvalue weighted by Gasteiger charge is -2.22. The fourth-order valence-electron chi connectivity index (χ4n) is 2.13. The molecule has 0 spiro atoms. The van der Waals surface area contributed by atoms with Crippen molar-refractivity contribution < 1.29 is 32.3 Å². The highest BCUT2D eigenvalue weighted by Crippen LogP contribution is 2.17. The van der Waals surface area contributed by atoms with Gasteiger partial charge in [0.1, 0.15) is 6.04 Å². The molecule has 1 aromatic rings. The maximum absolute atomic E-state index is 12.7. The van der Waals surface area contributed by atoms with Crippen LogP contribution in [-0.4, -0.2) is 45.6 Å². The van der Waals surface area contributed by atoms with Crippen molar-refractivity contribution in [3.63, 3.8) is 0 Å². The van der Waals surface area contributed by atoms with Crippen molar-refractivity contribution in [3.8, 4) is 0 Å². The van der Waals surface area contributed by atoms with Gasteiger partial charge in [-0.05, 0) is 49.9 Å². The van der Waals surface area contributed by atoms with Crippen LogP contribution in [0.3, 0.4) is 0 Å². The molecule has 0 saturated heterocycles. The Morgan fingerprint density at radius 2 is 1.64 bits per heavy atom. The van der Waals surface area contributed by atoms with E-state index in [4.69, 9.17) is 4.74 Å². The number of hydrogen-bond acceptors (Lipinski definition) is 7. The highest BCUT2D eigenvalue weighted by atomic mass is 32.2. The van der Waals surface area contributed by atoms with E-state index < -0.39 is 46.1 Å². The van der Waals surface area contributed by atoms with Gasteiger partial charge in [-0.25, -0.2) is 13.2 Å². The molecule has 28 heavy (non-hydrogen) atoms. The van der Waals surface area contributed by atoms with E-state index in [0.717, 1.165) is 18.2 Å². The summed E-state index contributed by atoms with van der Waals surface area (Å²) in [5, 5.41) is 1.87. The summed E-state index contributed by atoms with van der Waals surface area (Å²) in [6.45, 7) is 8.16. The number of methoxy groups -OCH3 is 1. The summed E-state index contributed by atoms with van der Waals surface area (Å²) in [4.78, 5) is 35.3. The van der Waals surface area contributed by atoms with E-state index in [0.29, 0.717) is 0 Å². The second-order valence-corrected chi connectivity index (χ2v) is 8.36. The first-order valence-electron chi connectivity index (χ1n) is 8.58. The SMILES string of the molecule is COC(=O)NC(=O)[C@@H](C)OC(=O)[C@@H](NS(=O)(=O)c1ccc(C)c(C)c1)C(C)C. The van der Waals surface area contributed by atoms with Gasteiger partial charge in [0, 0.05) is 0 Å². The van der Waals surface area contributed by atoms with Gasteiger partial charge in [-0.15, -0.1) is 0 Å². The lowest BCUT2D eigenvalue weighted by atomic mass is 10.1. The zero-order valence-corrected chi connectivity index (χ0v) is 17.5. The molecule has 0 aromatic heterocycles. The van der Waals surface area contributed by atoms with E-state index in [-0.39, 0.29) is 4.90 Å². The fourth-order valence-corrected chi connectivity index (χ4v) is 3.54. The Balaban J connectivity index is 2.94. The highest BCUT2D eigenvalue weighted by Gasteiger charge is 2.32. The minimum Gasteiger partial charge on any atom is -0.453 e. The average Bonchev–Trinajstić information content (AvgIpc) is 2.61. The molecule has 2 amide bonds. The first kappa shape index (κ1) is 23.6. The summed E-state index contributed by atoms with van der Waals surface area (Å²) in [7, 11) is -2.91. The van der Waals surface area contributed by atoms with Crippen LogP contribution in [0.5, 0.6) is 0 Å². The smallest absolute Gasteiger partial charge is 0.413 e. The van der Waals surface area contributed by atoms with E-state index in [1.54, 1.807) is 26.8 Å². The molecule has 0 aliphatic heterocycles. The van der Waals surface area contributed by atoms with Crippen molar-refractivity contribution in [1.29, 1.82) is 0 Å². The zero-order valence-electron chi connectivity index (χ0n) is 16.7. The van der Waals surface area contributed by atoms with Crippen molar-refractivity contribution in [2.75, 3.05) is 7.11 Å². The van der Waals surface area contributed by atoms with Crippen LogP contribution in [0, 0.1) is 19.8 Å². The number of esters is 1. The molecular formula is C18H26N2O7S. The molecule has 0 unspecified atom stereocenters. The highest BCUT2D eigenvalue weighted by molar-refractivity contribution is 7.89. The molecule has 0 heterocycles. The molecule has 1 rings (SSSR count). The summed E-state index contributed by atoms with van der Waals surface area (Å²) >= 11 is 0. The second-order valence-electron chi connectivity index (χ2n) is 6.65. The Bertz CT molecular complexity index is 849. The Hall–Kier alpha value is -2.46. The number of amides is 2. The van der Waals surface area contributed by atoms with Gasteiger partial charge in [-0.2, -0.15) is 4.72 Å². The molecule has 9 nitrogen and oxygen atoms in total. The summed E-state index contributed by atoms with van der Waals surface area (Å²) in [6.07, 6.45) is -2.32. The van der Waals surface area contributed by atoms with Crippen molar-refractivity contribution in [2.45, 2.75) is 51.7 Å². The van der Waals surface area contributed by atoms with E-state index in [1.807, 2.05) is 12.2 Å². The molecule has 0 fully saturated rings. The van der Waals surface area contributed by atoms with Gasteiger partial charge in [0.15, 0.2) is 6.10 Å². The van der Waals surface area contributed by atoms with Gasteiger partial charge in [0.05, 0.1) is 12.0 Å². The molecular weight excluding hydrogens is 388 g/mol. The van der Waals surface area contributed by atoms with Crippen LogP contribution >= 0.6 is 0 Å². The molecule has 2 atom stereocenters. The van der Waals surface area contributed by atoms with Crippen LogP contribution in [0.1, 0.15) is 31.9 Å². The van der Waals surface area contributed by atoms with Crippen LogP contribution in [0.25, 0.3) is 0 Å². The van der Waals surface area contributed by atoms with Gasteiger partial charge in [-0.1, -0.05) is 19.9 Å². The molecule has 0 aliphatic rings. The lowest BCUT2D eigenvalue weighted by molar-refractivity contribution is -0.157. The maximum Gasteiger partial charge on any atom is 0.413 e. The van der Waals surface area contributed by atoms with Gasteiger partial charge in [-0.3, -0.25) is 14.9 Å². The summed E-state index contributed by atoms with van der Waals surface area (Å²) < 4.78 is 37.0. The van der Waals surface area contributed by atoms with Crippen molar-refractivity contribution in [3.05, 3.63) is 29.3 Å². The van der Waals surface area contributed by atoms with E-state index in [1.165, 1.54) is 19.1 Å². The number of carbonyl (C=O) groups excluding carboxylic acids is 3. The topological polar surface area (TPSA) is 128 Å². The third-order valence-corrected chi connectivity index (χ3v) is 5.50. The Labute approximate surface area is 164 Å². The van der Waals surface area contributed by atoms with Crippen molar-refractivity contribution in [2.24, 2.45) is 5.92 Å². The molecule has 0 bridgehead atoms. The van der Waals surface area contributed by atoms with Gasteiger partial charge < -0.3 is 9.47 Å². The number of hydrogen-bond donors (Lipinski definition) is 2. The average molecular weight is 414 g/mol. The molecule has 156 valence electrons. The van der Waals surface area contributed by atoms with Crippen molar-refractivity contribution >= 4 is 28.0 Å². The third kappa shape index (κ3) is 6.31. The lowest BCUT2D eigenvalue weighted by Crippen LogP contribution is -2.48. The number of carbonyl (C=O) groups is 3.